The molecule has 138 valence electrons. The number of nitrogens with one attached hydrogen (secondary N) is 3. The highest BCUT2D eigenvalue weighted by molar-refractivity contribution is 6.00. The minimum absolute atomic E-state index is 0.121. The van der Waals surface area contributed by atoms with E-state index < -0.39 is 23.7 Å². The van der Waals surface area contributed by atoms with E-state index in [2.05, 4.69) is 16.0 Å². The summed E-state index contributed by atoms with van der Waals surface area (Å²) in [6, 6.07) is 5.67. The van der Waals surface area contributed by atoms with Gasteiger partial charge in [0.05, 0.1) is 12.0 Å². The molecule has 1 aromatic carbocycles. The van der Waals surface area contributed by atoms with Crippen molar-refractivity contribution >= 4 is 17.5 Å². The van der Waals surface area contributed by atoms with Crippen LogP contribution < -0.4 is 16.0 Å². The average molecular weight is 359 g/mol. The van der Waals surface area contributed by atoms with Crippen molar-refractivity contribution in [2.45, 2.75) is 32.9 Å². The molecule has 0 saturated carbocycles. The van der Waals surface area contributed by atoms with E-state index in [-0.39, 0.29) is 17.4 Å². The van der Waals surface area contributed by atoms with Crippen LogP contribution in [0, 0.1) is 11.7 Å². The van der Waals surface area contributed by atoms with Crippen molar-refractivity contribution in [3.8, 4) is 0 Å². The maximum atomic E-state index is 14.7. The van der Waals surface area contributed by atoms with Crippen molar-refractivity contribution < 1.29 is 18.4 Å². The molecule has 7 heteroatoms. The minimum atomic E-state index is -0.815. The summed E-state index contributed by atoms with van der Waals surface area (Å²) < 4.78 is 19.8. The molecule has 1 aromatic heterocycles. The Bertz CT molecular complexity index is 803. The average Bonchev–Trinajstić information content (AvgIpc) is 3.16. The van der Waals surface area contributed by atoms with Gasteiger partial charge in [-0.3, -0.25) is 9.59 Å². The Hall–Kier alpha value is -2.67. The summed E-state index contributed by atoms with van der Waals surface area (Å²) in [4.78, 5) is 24.8. The molecule has 0 aliphatic carbocycles. The van der Waals surface area contributed by atoms with Crippen molar-refractivity contribution in [1.29, 1.82) is 0 Å². The molecule has 0 radical (unpaired) electrons. The molecule has 2 amide bonds. The Kier molecular flexibility index (Phi) is 5.37. The summed E-state index contributed by atoms with van der Waals surface area (Å²) in [5.41, 5.74) is 1.66. The normalized spacial score (nSPS) is 14.6. The highest BCUT2D eigenvalue weighted by Crippen LogP contribution is 2.25. The Labute approximate surface area is 151 Å². The number of halogens is 1. The zero-order valence-corrected chi connectivity index (χ0v) is 14.8. The number of hydrogen-bond acceptors (Lipinski definition) is 4. The van der Waals surface area contributed by atoms with Crippen LogP contribution in [0.5, 0.6) is 0 Å². The molecule has 0 fully saturated rings. The fourth-order valence-corrected chi connectivity index (χ4v) is 3.00. The van der Waals surface area contributed by atoms with Crippen LogP contribution >= 0.6 is 0 Å². The van der Waals surface area contributed by atoms with Crippen LogP contribution in [0.25, 0.3) is 0 Å². The molecule has 1 aliphatic heterocycles. The van der Waals surface area contributed by atoms with Crippen molar-refractivity contribution in [1.82, 2.24) is 10.6 Å². The Morgan fingerprint density at radius 3 is 2.77 bits per heavy atom. The summed E-state index contributed by atoms with van der Waals surface area (Å²) in [6.07, 6.45) is 1.96. The molecule has 2 aromatic rings. The zero-order valence-electron chi connectivity index (χ0n) is 14.8. The van der Waals surface area contributed by atoms with Crippen LogP contribution in [0.3, 0.4) is 0 Å². The van der Waals surface area contributed by atoms with E-state index in [1.807, 2.05) is 19.9 Å². The third kappa shape index (κ3) is 3.77. The van der Waals surface area contributed by atoms with Crippen LogP contribution in [0.1, 0.15) is 35.5 Å². The van der Waals surface area contributed by atoms with E-state index in [0.717, 1.165) is 5.56 Å². The number of fused-ring (bicyclic) bond motifs is 1. The van der Waals surface area contributed by atoms with Gasteiger partial charge in [0, 0.05) is 6.54 Å². The van der Waals surface area contributed by atoms with Crippen molar-refractivity contribution in [2.24, 2.45) is 5.92 Å². The van der Waals surface area contributed by atoms with Crippen molar-refractivity contribution in [3.05, 3.63) is 53.2 Å². The van der Waals surface area contributed by atoms with Gasteiger partial charge < -0.3 is 20.4 Å². The van der Waals surface area contributed by atoms with Crippen LogP contribution in [0.4, 0.5) is 10.1 Å². The number of anilines is 1. The Balaban J connectivity index is 1.75. The van der Waals surface area contributed by atoms with E-state index in [9.17, 15) is 14.0 Å². The molecule has 26 heavy (non-hydrogen) atoms. The molecule has 6 nitrogen and oxygen atoms in total. The van der Waals surface area contributed by atoms with Gasteiger partial charge in [0.15, 0.2) is 5.76 Å². The van der Waals surface area contributed by atoms with Gasteiger partial charge >= 0.3 is 0 Å². The van der Waals surface area contributed by atoms with Crippen LogP contribution in [-0.4, -0.2) is 24.4 Å². The van der Waals surface area contributed by atoms with Gasteiger partial charge in [-0.05, 0) is 48.2 Å². The monoisotopic (exact) mass is 359 g/mol. The van der Waals surface area contributed by atoms with E-state index in [1.165, 1.54) is 12.3 Å². The highest BCUT2D eigenvalue weighted by Gasteiger charge is 2.27. The SMILES string of the molecule is CC(C)C(NC(=O)c1ccco1)C(=O)Nc1ccc2c(c1F)CCNC2. The largest absolute Gasteiger partial charge is 0.459 e. The number of benzene rings is 1. The Morgan fingerprint density at radius 1 is 1.27 bits per heavy atom. The smallest absolute Gasteiger partial charge is 0.287 e. The summed E-state index contributed by atoms with van der Waals surface area (Å²) >= 11 is 0. The number of carbonyl (C=O) groups excluding carboxylic acids is 2. The molecule has 1 atom stereocenters. The summed E-state index contributed by atoms with van der Waals surface area (Å²) in [6.45, 7) is 4.94. The minimum Gasteiger partial charge on any atom is -0.459 e. The quantitative estimate of drug-likeness (QED) is 0.766. The molecule has 3 N–H and O–H groups in total. The van der Waals surface area contributed by atoms with Crippen LogP contribution in [0.2, 0.25) is 0 Å². The zero-order chi connectivity index (χ0) is 18.7. The molecular weight excluding hydrogens is 337 g/mol. The lowest BCUT2D eigenvalue weighted by Gasteiger charge is -2.23. The van der Waals surface area contributed by atoms with Gasteiger partial charge in [0.1, 0.15) is 11.9 Å². The number of carbonyl (C=O) groups is 2. The first kappa shape index (κ1) is 18.1. The van der Waals surface area contributed by atoms with E-state index >= 15 is 0 Å². The molecule has 1 unspecified atom stereocenters. The van der Waals surface area contributed by atoms with Gasteiger partial charge in [-0.25, -0.2) is 4.39 Å². The summed E-state index contributed by atoms with van der Waals surface area (Å²) in [7, 11) is 0. The number of furan rings is 1. The third-order valence-corrected chi connectivity index (χ3v) is 4.45. The second-order valence-electron chi connectivity index (χ2n) is 6.65. The molecule has 3 rings (SSSR count). The number of amides is 2. The first-order valence-corrected chi connectivity index (χ1v) is 8.63. The number of rotatable bonds is 5. The molecular formula is C19H22FN3O3. The lowest BCUT2D eigenvalue weighted by molar-refractivity contribution is -0.118. The molecule has 2 heterocycles. The van der Waals surface area contributed by atoms with E-state index in [4.69, 9.17) is 4.42 Å². The molecule has 0 bridgehead atoms. The molecule has 1 aliphatic rings. The summed E-state index contributed by atoms with van der Waals surface area (Å²) in [5, 5.41) is 8.44. The lowest BCUT2D eigenvalue weighted by atomic mass is 9.99. The lowest BCUT2D eigenvalue weighted by Crippen LogP contribution is -2.47. The first-order valence-electron chi connectivity index (χ1n) is 8.63. The number of hydrogen-bond donors (Lipinski definition) is 3. The third-order valence-electron chi connectivity index (χ3n) is 4.45. The van der Waals surface area contributed by atoms with Crippen molar-refractivity contribution in [3.63, 3.8) is 0 Å². The fraction of sp³-hybridized carbons (Fsp3) is 0.368. The molecule has 0 spiro atoms. The van der Waals surface area contributed by atoms with Gasteiger partial charge in [0.2, 0.25) is 5.91 Å². The van der Waals surface area contributed by atoms with E-state index in [0.29, 0.717) is 25.1 Å². The first-order chi connectivity index (χ1) is 12.5. The van der Waals surface area contributed by atoms with Gasteiger partial charge in [-0.15, -0.1) is 0 Å². The second kappa shape index (κ2) is 7.70. The predicted octanol–water partition coefficient (Wildman–Crippen LogP) is 2.46. The second-order valence-corrected chi connectivity index (χ2v) is 6.65. The summed E-state index contributed by atoms with van der Waals surface area (Å²) in [5.74, 6) is -1.42. The van der Waals surface area contributed by atoms with Gasteiger partial charge in [0.25, 0.3) is 5.91 Å². The molecule has 0 saturated heterocycles. The standard InChI is InChI=1S/C19H22FN3O3/c1-11(2)17(23-18(24)15-4-3-9-26-15)19(25)22-14-6-5-12-10-21-8-7-13(12)16(14)20/h3-6,9,11,17,21H,7-8,10H2,1-2H3,(H,22,25)(H,23,24). The van der Waals surface area contributed by atoms with Gasteiger partial charge in [-0.1, -0.05) is 19.9 Å². The topological polar surface area (TPSA) is 83.4 Å². The maximum absolute atomic E-state index is 14.7. The highest BCUT2D eigenvalue weighted by atomic mass is 19.1. The van der Waals surface area contributed by atoms with Crippen LogP contribution in [0.15, 0.2) is 34.9 Å². The maximum Gasteiger partial charge on any atom is 0.287 e. The fourth-order valence-electron chi connectivity index (χ4n) is 3.00. The Morgan fingerprint density at radius 2 is 2.08 bits per heavy atom. The van der Waals surface area contributed by atoms with Crippen molar-refractivity contribution in [2.75, 3.05) is 11.9 Å². The van der Waals surface area contributed by atoms with Crippen LogP contribution in [-0.2, 0) is 17.8 Å². The van der Waals surface area contributed by atoms with E-state index in [1.54, 1.807) is 12.1 Å². The predicted molar refractivity (Wildman–Crippen MR) is 95.2 cm³/mol. The van der Waals surface area contributed by atoms with Gasteiger partial charge in [-0.2, -0.15) is 0 Å².